The lowest BCUT2D eigenvalue weighted by molar-refractivity contribution is -0.132. The Morgan fingerprint density at radius 1 is 1.17 bits per heavy atom. The second-order valence-electron chi connectivity index (χ2n) is 6.06. The lowest BCUT2D eigenvalue weighted by Gasteiger charge is -2.31. The Balaban J connectivity index is 1.77. The van der Waals surface area contributed by atoms with Crippen molar-refractivity contribution in [3.8, 4) is 11.1 Å². The van der Waals surface area contributed by atoms with Crippen LogP contribution < -0.4 is 5.32 Å². The van der Waals surface area contributed by atoms with Gasteiger partial charge in [0.15, 0.2) is 0 Å². The van der Waals surface area contributed by atoms with Crippen LogP contribution in [0.1, 0.15) is 19.8 Å². The van der Waals surface area contributed by atoms with Crippen LogP contribution in [-0.2, 0) is 9.59 Å². The summed E-state index contributed by atoms with van der Waals surface area (Å²) in [6.07, 6.45) is 3.32. The number of rotatable bonds is 3. The number of anilines is 1. The number of nitrogens with one attached hydrogen (secondary N) is 1. The average Bonchev–Trinajstić information content (AvgIpc) is 2.63. The molecule has 1 aromatic heterocycles. The molecule has 0 spiro atoms. The molecule has 1 atom stereocenters. The third kappa shape index (κ3) is 3.62. The maximum absolute atomic E-state index is 12.6. The van der Waals surface area contributed by atoms with Crippen molar-refractivity contribution in [3.05, 3.63) is 48.7 Å². The van der Waals surface area contributed by atoms with E-state index in [4.69, 9.17) is 0 Å². The van der Waals surface area contributed by atoms with Gasteiger partial charge < -0.3 is 10.2 Å². The number of pyridine rings is 1. The Hall–Kier alpha value is -2.69. The summed E-state index contributed by atoms with van der Waals surface area (Å²) in [5.41, 5.74) is 1.90. The molecule has 0 aliphatic carbocycles. The third-order valence-electron chi connectivity index (χ3n) is 4.37. The second kappa shape index (κ2) is 7.25. The number of nitrogens with zero attached hydrogens (tertiary/aromatic N) is 2. The first-order valence-electron chi connectivity index (χ1n) is 8.22. The second-order valence-corrected chi connectivity index (χ2v) is 6.06. The van der Waals surface area contributed by atoms with Crippen molar-refractivity contribution in [2.24, 2.45) is 5.92 Å². The summed E-state index contributed by atoms with van der Waals surface area (Å²) in [4.78, 5) is 30.2. The highest BCUT2D eigenvalue weighted by atomic mass is 16.2. The highest BCUT2D eigenvalue weighted by molar-refractivity contribution is 5.95. The standard InChI is InChI=1S/C19H21N3O2/c1-14(23)22-12-6-9-16(13-22)19(24)21-18-17(10-5-11-20-18)15-7-3-2-4-8-15/h2-5,7-8,10-11,16H,6,9,12-13H2,1H3,(H,20,21,24). The molecular weight excluding hydrogens is 302 g/mol. The molecule has 3 rings (SSSR count). The fourth-order valence-electron chi connectivity index (χ4n) is 3.05. The van der Waals surface area contributed by atoms with Crippen molar-refractivity contribution in [1.82, 2.24) is 9.88 Å². The van der Waals surface area contributed by atoms with Gasteiger partial charge in [-0.2, -0.15) is 0 Å². The van der Waals surface area contributed by atoms with Gasteiger partial charge in [0.2, 0.25) is 11.8 Å². The molecule has 1 saturated heterocycles. The molecule has 2 aromatic rings. The van der Waals surface area contributed by atoms with E-state index in [2.05, 4.69) is 10.3 Å². The van der Waals surface area contributed by atoms with E-state index in [0.717, 1.165) is 30.5 Å². The molecule has 0 saturated carbocycles. The van der Waals surface area contributed by atoms with Crippen LogP contribution in [0.3, 0.4) is 0 Å². The molecule has 24 heavy (non-hydrogen) atoms. The Morgan fingerprint density at radius 2 is 1.96 bits per heavy atom. The predicted octanol–water partition coefficient (Wildman–Crippen LogP) is 2.95. The lowest BCUT2D eigenvalue weighted by atomic mass is 9.97. The first-order valence-corrected chi connectivity index (χ1v) is 8.22. The molecule has 124 valence electrons. The lowest BCUT2D eigenvalue weighted by Crippen LogP contribution is -2.42. The van der Waals surface area contributed by atoms with Gasteiger partial charge in [0.05, 0.1) is 5.92 Å². The number of likely N-dealkylation sites (tertiary alicyclic amines) is 1. The van der Waals surface area contributed by atoms with Crippen LogP contribution in [0.4, 0.5) is 5.82 Å². The zero-order valence-corrected chi connectivity index (χ0v) is 13.7. The summed E-state index contributed by atoms with van der Waals surface area (Å²) in [7, 11) is 0. The van der Waals surface area contributed by atoms with Crippen molar-refractivity contribution in [1.29, 1.82) is 0 Å². The fraction of sp³-hybridized carbons (Fsp3) is 0.316. The average molecular weight is 323 g/mol. The van der Waals surface area contributed by atoms with Crippen molar-refractivity contribution in [2.75, 3.05) is 18.4 Å². The van der Waals surface area contributed by atoms with Gasteiger partial charge in [0.25, 0.3) is 0 Å². The highest BCUT2D eigenvalue weighted by Crippen LogP contribution is 2.27. The summed E-state index contributed by atoms with van der Waals surface area (Å²) in [5, 5.41) is 2.95. The van der Waals surface area contributed by atoms with Crippen LogP contribution in [-0.4, -0.2) is 34.8 Å². The summed E-state index contributed by atoms with van der Waals surface area (Å²) < 4.78 is 0. The topological polar surface area (TPSA) is 62.3 Å². The van der Waals surface area contributed by atoms with E-state index in [-0.39, 0.29) is 17.7 Å². The van der Waals surface area contributed by atoms with Crippen LogP contribution in [0.15, 0.2) is 48.7 Å². The van der Waals surface area contributed by atoms with Gasteiger partial charge in [-0.05, 0) is 30.5 Å². The van der Waals surface area contributed by atoms with E-state index < -0.39 is 0 Å². The quantitative estimate of drug-likeness (QED) is 0.944. The number of carbonyl (C=O) groups excluding carboxylic acids is 2. The first kappa shape index (κ1) is 16.2. The number of hydrogen-bond donors (Lipinski definition) is 1. The molecule has 2 heterocycles. The minimum absolute atomic E-state index is 0.0234. The van der Waals surface area contributed by atoms with E-state index in [1.165, 1.54) is 0 Å². The van der Waals surface area contributed by atoms with Crippen LogP contribution in [0.2, 0.25) is 0 Å². The molecule has 1 aliphatic rings. The van der Waals surface area contributed by atoms with Crippen molar-refractivity contribution >= 4 is 17.6 Å². The highest BCUT2D eigenvalue weighted by Gasteiger charge is 2.27. The Kier molecular flexibility index (Phi) is 4.89. The molecule has 2 amide bonds. The number of aromatic nitrogens is 1. The Morgan fingerprint density at radius 3 is 2.71 bits per heavy atom. The number of amides is 2. The summed E-state index contributed by atoms with van der Waals surface area (Å²) in [6, 6.07) is 13.7. The number of hydrogen-bond acceptors (Lipinski definition) is 3. The van der Waals surface area contributed by atoms with E-state index in [1.807, 2.05) is 42.5 Å². The minimum Gasteiger partial charge on any atom is -0.342 e. The SMILES string of the molecule is CC(=O)N1CCCC(C(=O)Nc2ncccc2-c2ccccc2)C1. The van der Waals surface area contributed by atoms with Gasteiger partial charge in [-0.15, -0.1) is 0 Å². The molecule has 5 heteroatoms. The minimum atomic E-state index is -0.187. The van der Waals surface area contributed by atoms with Gasteiger partial charge in [0, 0.05) is 31.8 Å². The molecule has 1 unspecified atom stereocenters. The van der Waals surface area contributed by atoms with E-state index >= 15 is 0 Å². The van der Waals surface area contributed by atoms with Crippen molar-refractivity contribution in [2.45, 2.75) is 19.8 Å². The third-order valence-corrected chi connectivity index (χ3v) is 4.37. The molecule has 1 aliphatic heterocycles. The van der Waals surface area contributed by atoms with Crippen LogP contribution in [0, 0.1) is 5.92 Å². The molecule has 1 N–H and O–H groups in total. The predicted molar refractivity (Wildman–Crippen MR) is 93.3 cm³/mol. The normalized spacial score (nSPS) is 17.4. The van der Waals surface area contributed by atoms with E-state index in [0.29, 0.717) is 12.4 Å². The smallest absolute Gasteiger partial charge is 0.230 e. The monoisotopic (exact) mass is 323 g/mol. The Bertz CT molecular complexity index is 730. The van der Waals surface area contributed by atoms with Crippen LogP contribution in [0.5, 0.6) is 0 Å². The van der Waals surface area contributed by atoms with Crippen molar-refractivity contribution < 1.29 is 9.59 Å². The van der Waals surface area contributed by atoms with Gasteiger partial charge in [0.1, 0.15) is 5.82 Å². The molecule has 1 fully saturated rings. The maximum Gasteiger partial charge on any atom is 0.230 e. The fourth-order valence-corrected chi connectivity index (χ4v) is 3.05. The largest absolute Gasteiger partial charge is 0.342 e. The van der Waals surface area contributed by atoms with Gasteiger partial charge in [-0.25, -0.2) is 4.98 Å². The number of carbonyl (C=O) groups is 2. The number of benzene rings is 1. The summed E-state index contributed by atoms with van der Waals surface area (Å²) in [6.45, 7) is 2.76. The molecule has 5 nitrogen and oxygen atoms in total. The molecule has 0 bridgehead atoms. The number of piperidine rings is 1. The van der Waals surface area contributed by atoms with Crippen LogP contribution in [0.25, 0.3) is 11.1 Å². The first-order chi connectivity index (χ1) is 11.6. The summed E-state index contributed by atoms with van der Waals surface area (Å²) >= 11 is 0. The van der Waals surface area contributed by atoms with E-state index in [1.54, 1.807) is 18.0 Å². The van der Waals surface area contributed by atoms with Gasteiger partial charge in [-0.1, -0.05) is 30.3 Å². The van der Waals surface area contributed by atoms with Crippen molar-refractivity contribution in [3.63, 3.8) is 0 Å². The van der Waals surface area contributed by atoms with E-state index in [9.17, 15) is 9.59 Å². The maximum atomic E-state index is 12.6. The summed E-state index contributed by atoms with van der Waals surface area (Å²) in [5.74, 6) is 0.328. The molecule has 1 aromatic carbocycles. The van der Waals surface area contributed by atoms with Gasteiger partial charge in [-0.3, -0.25) is 9.59 Å². The zero-order valence-electron chi connectivity index (χ0n) is 13.7. The van der Waals surface area contributed by atoms with Gasteiger partial charge >= 0.3 is 0 Å². The molecular formula is C19H21N3O2. The zero-order chi connectivity index (χ0) is 16.9. The van der Waals surface area contributed by atoms with Crippen LogP contribution >= 0.6 is 0 Å². The Labute approximate surface area is 141 Å². The molecule has 0 radical (unpaired) electrons.